The van der Waals surface area contributed by atoms with Gasteiger partial charge in [-0.25, -0.2) is 4.39 Å². The number of nitrogens with zero attached hydrogens (tertiary/aromatic N) is 2. The molecule has 0 saturated heterocycles. The smallest absolute Gasteiger partial charge is 0.261 e. The zero-order valence-corrected chi connectivity index (χ0v) is 15.5. The first kappa shape index (κ1) is 17.3. The molecule has 4 rings (SSSR count). The van der Waals surface area contributed by atoms with Crippen LogP contribution in [0, 0.1) is 5.82 Å². The first-order chi connectivity index (χ1) is 12.5. The summed E-state index contributed by atoms with van der Waals surface area (Å²) in [6.45, 7) is 0. The maximum absolute atomic E-state index is 13.6. The van der Waals surface area contributed by atoms with Crippen LogP contribution in [-0.2, 0) is 0 Å². The minimum absolute atomic E-state index is 0.279. The molecule has 0 atom stereocenters. The summed E-state index contributed by atoms with van der Waals surface area (Å²) >= 11 is 11.8. The topological polar surface area (TPSA) is 32.7 Å². The molecular formula is C20H16ClFN2OS. The van der Waals surface area contributed by atoms with E-state index in [2.05, 4.69) is 0 Å². The van der Waals surface area contributed by atoms with Gasteiger partial charge in [0.25, 0.3) is 5.91 Å². The van der Waals surface area contributed by atoms with Crippen LogP contribution in [-0.4, -0.2) is 27.2 Å². The molecule has 0 aromatic heterocycles. The van der Waals surface area contributed by atoms with E-state index in [1.807, 2.05) is 12.1 Å². The number of benzene rings is 2. The highest BCUT2D eigenvalue weighted by molar-refractivity contribution is 7.82. The zero-order chi connectivity index (χ0) is 18.3. The van der Waals surface area contributed by atoms with Crippen molar-refractivity contribution >= 4 is 40.4 Å². The van der Waals surface area contributed by atoms with E-state index in [4.69, 9.17) is 28.8 Å². The van der Waals surface area contributed by atoms with Crippen molar-refractivity contribution in [1.82, 2.24) is 4.90 Å². The summed E-state index contributed by atoms with van der Waals surface area (Å²) < 4.78 is 13.6. The standard InChI is InChI=1S/C20H16ClFN2OS/c21-15-7-3-5-13(11-15)17-19(26)24(20(23-17)9-1-2-10-20)18(25)14-6-4-8-16(22)12-14/h3-8,11-12H,1-2,9-10H2. The van der Waals surface area contributed by atoms with E-state index < -0.39 is 11.5 Å². The minimum atomic E-state index is -0.669. The van der Waals surface area contributed by atoms with Gasteiger partial charge in [0.05, 0.1) is 0 Å². The number of thiocarbonyl (C=S) groups is 1. The van der Waals surface area contributed by atoms with Gasteiger partial charge in [-0.3, -0.25) is 14.7 Å². The van der Waals surface area contributed by atoms with E-state index in [0.29, 0.717) is 15.7 Å². The molecule has 1 amide bonds. The number of amides is 1. The lowest BCUT2D eigenvalue weighted by atomic mass is 10.1. The van der Waals surface area contributed by atoms with Crippen LogP contribution in [0.15, 0.2) is 53.5 Å². The fourth-order valence-electron chi connectivity index (χ4n) is 3.73. The van der Waals surface area contributed by atoms with Crippen LogP contribution in [0.25, 0.3) is 0 Å². The molecule has 0 radical (unpaired) electrons. The summed E-state index contributed by atoms with van der Waals surface area (Å²) in [6, 6.07) is 13.0. The van der Waals surface area contributed by atoms with Crippen molar-refractivity contribution in [3.63, 3.8) is 0 Å². The maximum atomic E-state index is 13.6. The molecule has 3 nitrogen and oxygen atoms in total. The Kier molecular flexibility index (Phi) is 4.37. The summed E-state index contributed by atoms with van der Waals surface area (Å²) in [4.78, 5) is 20.0. The van der Waals surface area contributed by atoms with Crippen LogP contribution < -0.4 is 0 Å². The number of carbonyl (C=O) groups excluding carboxylic acids is 1. The second-order valence-corrected chi connectivity index (χ2v) is 7.44. The Morgan fingerprint density at radius 2 is 1.88 bits per heavy atom. The van der Waals surface area contributed by atoms with Crippen LogP contribution in [0.5, 0.6) is 0 Å². The van der Waals surface area contributed by atoms with Gasteiger partial charge in [0.1, 0.15) is 22.2 Å². The Bertz CT molecular complexity index is 937. The molecule has 6 heteroatoms. The van der Waals surface area contributed by atoms with Crippen molar-refractivity contribution in [2.75, 3.05) is 0 Å². The first-order valence-corrected chi connectivity index (χ1v) is 9.29. The Hall–Kier alpha value is -2.11. The number of hydrogen-bond acceptors (Lipinski definition) is 3. The molecule has 0 unspecified atom stereocenters. The zero-order valence-electron chi connectivity index (χ0n) is 13.9. The lowest BCUT2D eigenvalue weighted by Gasteiger charge is -2.32. The molecule has 1 aliphatic carbocycles. The van der Waals surface area contributed by atoms with Crippen LogP contribution in [0.3, 0.4) is 0 Å². The molecule has 2 aromatic rings. The SMILES string of the molecule is O=C(c1cccc(F)c1)N1C(=S)C(c2cccc(Cl)c2)=NC12CCCC2. The average molecular weight is 387 g/mol. The molecular weight excluding hydrogens is 371 g/mol. The van der Waals surface area contributed by atoms with Gasteiger partial charge in [0.15, 0.2) is 0 Å². The Labute approximate surface area is 161 Å². The predicted octanol–water partition coefficient (Wildman–Crippen LogP) is 5.02. The van der Waals surface area contributed by atoms with Gasteiger partial charge >= 0.3 is 0 Å². The number of halogens is 2. The van der Waals surface area contributed by atoms with Crippen LogP contribution in [0.2, 0.25) is 5.02 Å². The predicted molar refractivity (Wildman–Crippen MR) is 104 cm³/mol. The Balaban J connectivity index is 1.78. The molecule has 26 heavy (non-hydrogen) atoms. The number of aliphatic imine (C=N–C) groups is 1. The van der Waals surface area contributed by atoms with E-state index in [1.165, 1.54) is 18.2 Å². The lowest BCUT2D eigenvalue weighted by Crippen LogP contribution is -2.48. The summed E-state index contributed by atoms with van der Waals surface area (Å²) in [5.74, 6) is -0.755. The molecule has 1 aliphatic heterocycles. The summed E-state index contributed by atoms with van der Waals surface area (Å²) in [5, 5.41) is 0.586. The molecule has 0 N–H and O–H groups in total. The van der Waals surface area contributed by atoms with E-state index in [1.54, 1.807) is 23.1 Å². The highest BCUT2D eigenvalue weighted by Crippen LogP contribution is 2.42. The van der Waals surface area contributed by atoms with Crippen molar-refractivity contribution in [1.29, 1.82) is 0 Å². The van der Waals surface area contributed by atoms with Gasteiger partial charge in [-0.2, -0.15) is 0 Å². The van der Waals surface area contributed by atoms with Crippen molar-refractivity contribution in [3.8, 4) is 0 Å². The molecule has 1 spiro atoms. The fourth-order valence-corrected chi connectivity index (χ4v) is 4.34. The van der Waals surface area contributed by atoms with Crippen LogP contribution in [0.1, 0.15) is 41.6 Å². The molecule has 132 valence electrons. The molecule has 1 fully saturated rings. The highest BCUT2D eigenvalue weighted by Gasteiger charge is 2.50. The van der Waals surface area contributed by atoms with Gasteiger partial charge < -0.3 is 0 Å². The number of hydrogen-bond donors (Lipinski definition) is 0. The summed E-state index contributed by atoms with van der Waals surface area (Å²) in [5.41, 5.74) is 1.01. The number of rotatable bonds is 2. The van der Waals surface area contributed by atoms with E-state index in [-0.39, 0.29) is 11.5 Å². The second-order valence-electron chi connectivity index (χ2n) is 6.62. The lowest BCUT2D eigenvalue weighted by molar-refractivity contribution is 0.0724. The van der Waals surface area contributed by atoms with Gasteiger partial charge in [0, 0.05) is 16.1 Å². The average Bonchev–Trinajstić information content (AvgIpc) is 3.20. The van der Waals surface area contributed by atoms with Crippen LogP contribution >= 0.6 is 23.8 Å². The van der Waals surface area contributed by atoms with Crippen molar-refractivity contribution in [2.24, 2.45) is 4.99 Å². The van der Waals surface area contributed by atoms with Gasteiger partial charge in [0.2, 0.25) is 0 Å². The third kappa shape index (κ3) is 2.85. The van der Waals surface area contributed by atoms with Crippen molar-refractivity contribution in [3.05, 3.63) is 70.5 Å². The van der Waals surface area contributed by atoms with E-state index in [9.17, 15) is 9.18 Å². The minimum Gasteiger partial charge on any atom is -0.271 e. The summed E-state index contributed by atoms with van der Waals surface area (Å²) in [7, 11) is 0. The third-order valence-electron chi connectivity index (χ3n) is 4.92. The fraction of sp³-hybridized carbons (Fsp3) is 0.250. The Morgan fingerprint density at radius 3 is 2.58 bits per heavy atom. The quantitative estimate of drug-likeness (QED) is 0.679. The highest BCUT2D eigenvalue weighted by atomic mass is 35.5. The van der Waals surface area contributed by atoms with Crippen molar-refractivity contribution in [2.45, 2.75) is 31.3 Å². The van der Waals surface area contributed by atoms with Gasteiger partial charge in [-0.15, -0.1) is 0 Å². The maximum Gasteiger partial charge on any atom is 0.261 e. The molecule has 0 bridgehead atoms. The monoisotopic (exact) mass is 386 g/mol. The van der Waals surface area contributed by atoms with Gasteiger partial charge in [-0.05, 0) is 56.0 Å². The first-order valence-electron chi connectivity index (χ1n) is 8.50. The van der Waals surface area contributed by atoms with Crippen LogP contribution in [0.4, 0.5) is 4.39 Å². The second kappa shape index (κ2) is 6.56. The summed E-state index contributed by atoms with van der Waals surface area (Å²) in [6.07, 6.45) is 3.44. The molecule has 1 saturated carbocycles. The van der Waals surface area contributed by atoms with E-state index >= 15 is 0 Å². The normalized spacial score (nSPS) is 18.5. The van der Waals surface area contributed by atoms with E-state index in [0.717, 1.165) is 31.2 Å². The molecule has 1 heterocycles. The Morgan fingerprint density at radius 1 is 1.15 bits per heavy atom. The number of carbonyl (C=O) groups is 1. The van der Waals surface area contributed by atoms with Gasteiger partial charge in [-0.1, -0.05) is 42.0 Å². The molecule has 2 aliphatic rings. The van der Waals surface area contributed by atoms with Crippen molar-refractivity contribution < 1.29 is 9.18 Å². The largest absolute Gasteiger partial charge is 0.271 e. The molecule has 2 aromatic carbocycles. The third-order valence-corrected chi connectivity index (χ3v) is 5.53.